The first kappa shape index (κ1) is 20.0. The molecule has 0 spiro atoms. The molecule has 7 aromatic rings. The summed E-state index contributed by atoms with van der Waals surface area (Å²) in [6, 6.07) is 31.6. The van der Waals surface area contributed by atoms with E-state index in [0.717, 1.165) is 68.3 Å². The molecule has 7 rings (SSSR count). The summed E-state index contributed by atoms with van der Waals surface area (Å²) < 4.78 is 8.39. The first-order chi connectivity index (χ1) is 17.3. The van der Waals surface area contributed by atoms with Crippen molar-refractivity contribution in [2.24, 2.45) is 0 Å². The van der Waals surface area contributed by atoms with Crippen molar-refractivity contribution < 1.29 is 4.42 Å². The summed E-state index contributed by atoms with van der Waals surface area (Å²) in [5, 5.41) is 13.8. The molecule has 168 valence electrons. The number of aryl methyl sites for hydroxylation is 1. The highest BCUT2D eigenvalue weighted by atomic mass is 16.3. The third-order valence-corrected chi connectivity index (χ3v) is 6.87. The Balaban J connectivity index is 1.36. The first-order valence-electron chi connectivity index (χ1n) is 12.1. The van der Waals surface area contributed by atoms with Gasteiger partial charge in [0.25, 0.3) is 0 Å². The van der Waals surface area contributed by atoms with E-state index in [-0.39, 0.29) is 0 Å². The summed E-state index contributed by atoms with van der Waals surface area (Å²) in [5.74, 6) is 0.858. The van der Waals surface area contributed by atoms with Gasteiger partial charge in [0.05, 0.1) is 0 Å². The molecular weight excluding hydrogens is 430 g/mol. The number of hydrogen-bond donors (Lipinski definition) is 0. The van der Waals surface area contributed by atoms with E-state index >= 15 is 0 Å². The van der Waals surface area contributed by atoms with Crippen LogP contribution in [-0.4, -0.2) is 14.6 Å². The number of para-hydroxylation sites is 2. The van der Waals surface area contributed by atoms with E-state index in [4.69, 9.17) is 4.42 Å². The normalized spacial score (nSPS) is 11.8. The van der Waals surface area contributed by atoms with Crippen LogP contribution in [0.5, 0.6) is 0 Å². The third kappa shape index (κ3) is 3.07. The van der Waals surface area contributed by atoms with Crippen LogP contribution in [0.1, 0.15) is 18.9 Å². The predicted molar refractivity (Wildman–Crippen MR) is 143 cm³/mol. The van der Waals surface area contributed by atoms with Gasteiger partial charge >= 0.3 is 0 Å². The maximum atomic E-state index is 6.25. The van der Waals surface area contributed by atoms with Gasteiger partial charge in [-0.05, 0) is 29.0 Å². The molecule has 3 aromatic heterocycles. The van der Waals surface area contributed by atoms with E-state index in [0.29, 0.717) is 0 Å². The number of fused-ring (bicyclic) bond motifs is 6. The highest BCUT2D eigenvalue weighted by molar-refractivity contribution is 6.09. The van der Waals surface area contributed by atoms with Crippen LogP contribution in [0, 0.1) is 0 Å². The molecule has 0 aliphatic heterocycles. The maximum Gasteiger partial charge on any atom is 0.168 e. The summed E-state index contributed by atoms with van der Waals surface area (Å²) in [6.45, 7) is 2.22. The summed E-state index contributed by atoms with van der Waals surface area (Å²) in [4.78, 5) is 0. The highest BCUT2D eigenvalue weighted by Gasteiger charge is 2.15. The van der Waals surface area contributed by atoms with E-state index < -0.39 is 0 Å². The number of pyridine rings is 1. The molecule has 4 nitrogen and oxygen atoms in total. The van der Waals surface area contributed by atoms with E-state index in [9.17, 15) is 0 Å². The standard InChI is InChI=1S/C31H23N3O/c1-2-8-22-19-34-30(32-33-31(34)27-11-4-3-9-23(22)27)21-17-15-20(16-18-21)24-12-7-13-26-25-10-5-6-14-28(25)35-29(24)26/h3-7,9-19H,2,8H2,1H3. The average molecular weight is 454 g/mol. The Bertz CT molecular complexity index is 1860. The van der Waals surface area contributed by atoms with Gasteiger partial charge in [-0.25, -0.2) is 0 Å². The third-order valence-electron chi connectivity index (χ3n) is 6.87. The van der Waals surface area contributed by atoms with Gasteiger partial charge in [0.15, 0.2) is 11.5 Å². The summed E-state index contributed by atoms with van der Waals surface area (Å²) >= 11 is 0. The fourth-order valence-corrected chi connectivity index (χ4v) is 5.22. The lowest BCUT2D eigenvalue weighted by atomic mass is 10.0. The Hall–Kier alpha value is -4.44. The van der Waals surface area contributed by atoms with E-state index in [2.05, 4.69) is 107 Å². The molecule has 0 aliphatic rings. The summed E-state index contributed by atoms with van der Waals surface area (Å²) in [5.41, 5.74) is 7.30. The van der Waals surface area contributed by atoms with E-state index in [1.807, 2.05) is 12.1 Å². The zero-order valence-corrected chi connectivity index (χ0v) is 19.4. The van der Waals surface area contributed by atoms with Crippen molar-refractivity contribution in [2.45, 2.75) is 19.8 Å². The van der Waals surface area contributed by atoms with Crippen molar-refractivity contribution in [1.82, 2.24) is 14.6 Å². The molecule has 0 saturated carbocycles. The second kappa shape index (κ2) is 7.81. The zero-order chi connectivity index (χ0) is 23.4. The Labute approximate surface area is 202 Å². The SMILES string of the molecule is CCCc1cn2c(-c3ccc(-c4cccc5c4oc4ccccc45)cc3)nnc2c2ccccc12. The molecule has 0 radical (unpaired) electrons. The highest BCUT2D eigenvalue weighted by Crippen LogP contribution is 2.36. The number of rotatable bonds is 4. The van der Waals surface area contributed by atoms with Crippen LogP contribution in [0.3, 0.4) is 0 Å². The predicted octanol–water partition coefficient (Wildman–Crippen LogP) is 8.07. The van der Waals surface area contributed by atoms with Crippen molar-refractivity contribution in [3.05, 3.63) is 103 Å². The first-order valence-corrected chi connectivity index (χ1v) is 12.1. The molecule has 0 bridgehead atoms. The van der Waals surface area contributed by atoms with Crippen LogP contribution in [0.2, 0.25) is 0 Å². The largest absolute Gasteiger partial charge is 0.455 e. The van der Waals surface area contributed by atoms with Crippen LogP contribution in [0.15, 0.2) is 102 Å². The Kier molecular flexibility index (Phi) is 4.46. The smallest absolute Gasteiger partial charge is 0.168 e. The van der Waals surface area contributed by atoms with Gasteiger partial charge < -0.3 is 4.42 Å². The van der Waals surface area contributed by atoms with Crippen molar-refractivity contribution in [2.75, 3.05) is 0 Å². The van der Waals surface area contributed by atoms with Crippen LogP contribution < -0.4 is 0 Å². The Morgan fingerprint density at radius 3 is 2.23 bits per heavy atom. The molecular formula is C31H23N3O. The van der Waals surface area contributed by atoms with Gasteiger partial charge in [-0.2, -0.15) is 0 Å². The fraction of sp³-hybridized carbons (Fsp3) is 0.0968. The van der Waals surface area contributed by atoms with E-state index in [1.54, 1.807) is 0 Å². The van der Waals surface area contributed by atoms with Crippen molar-refractivity contribution in [1.29, 1.82) is 0 Å². The quantitative estimate of drug-likeness (QED) is 0.271. The molecule has 0 unspecified atom stereocenters. The molecule has 0 amide bonds. The molecule has 0 N–H and O–H groups in total. The minimum Gasteiger partial charge on any atom is -0.455 e. The van der Waals surface area contributed by atoms with Crippen LogP contribution >= 0.6 is 0 Å². The molecule has 0 atom stereocenters. The minimum absolute atomic E-state index is 0.858. The lowest BCUT2D eigenvalue weighted by molar-refractivity contribution is 0.670. The van der Waals surface area contributed by atoms with Crippen molar-refractivity contribution in [3.63, 3.8) is 0 Å². The van der Waals surface area contributed by atoms with E-state index in [1.165, 1.54) is 10.9 Å². The summed E-state index contributed by atoms with van der Waals surface area (Å²) in [6.07, 6.45) is 4.32. The van der Waals surface area contributed by atoms with Crippen LogP contribution in [0.25, 0.3) is 60.9 Å². The number of furan rings is 1. The number of hydrogen-bond acceptors (Lipinski definition) is 3. The van der Waals surface area contributed by atoms with Gasteiger partial charge in [-0.3, -0.25) is 4.40 Å². The molecule has 4 aromatic carbocycles. The second-order valence-electron chi connectivity index (χ2n) is 9.02. The lowest BCUT2D eigenvalue weighted by Gasteiger charge is -2.09. The molecule has 4 heteroatoms. The second-order valence-corrected chi connectivity index (χ2v) is 9.02. The Morgan fingerprint density at radius 1 is 0.686 bits per heavy atom. The lowest BCUT2D eigenvalue weighted by Crippen LogP contribution is -1.96. The molecule has 3 heterocycles. The topological polar surface area (TPSA) is 43.3 Å². The number of aromatic nitrogens is 3. The molecule has 0 saturated heterocycles. The van der Waals surface area contributed by atoms with Gasteiger partial charge in [-0.15, -0.1) is 10.2 Å². The van der Waals surface area contributed by atoms with Crippen molar-refractivity contribution in [3.8, 4) is 22.5 Å². The number of nitrogens with zero attached hydrogens (tertiary/aromatic N) is 3. The van der Waals surface area contributed by atoms with Crippen LogP contribution in [-0.2, 0) is 6.42 Å². The van der Waals surface area contributed by atoms with Gasteiger partial charge in [0, 0.05) is 33.5 Å². The van der Waals surface area contributed by atoms with Gasteiger partial charge in [0.2, 0.25) is 0 Å². The van der Waals surface area contributed by atoms with Gasteiger partial charge in [-0.1, -0.05) is 98.3 Å². The molecule has 0 fully saturated rings. The summed E-state index contributed by atoms with van der Waals surface area (Å²) in [7, 11) is 0. The molecule has 35 heavy (non-hydrogen) atoms. The molecule has 0 aliphatic carbocycles. The fourth-order valence-electron chi connectivity index (χ4n) is 5.22. The van der Waals surface area contributed by atoms with Crippen molar-refractivity contribution >= 4 is 38.4 Å². The zero-order valence-electron chi connectivity index (χ0n) is 19.4. The van der Waals surface area contributed by atoms with Gasteiger partial charge in [0.1, 0.15) is 11.2 Å². The Morgan fingerprint density at radius 2 is 1.40 bits per heavy atom. The average Bonchev–Trinajstić information content (AvgIpc) is 3.51. The monoisotopic (exact) mass is 453 g/mol. The van der Waals surface area contributed by atoms with Crippen LogP contribution in [0.4, 0.5) is 0 Å². The minimum atomic E-state index is 0.858. The maximum absolute atomic E-state index is 6.25. The number of benzene rings is 4.